The molecule has 0 saturated carbocycles. The van der Waals surface area contributed by atoms with Crippen LogP contribution < -0.4 is 0 Å². The van der Waals surface area contributed by atoms with Crippen LogP contribution >= 0.6 is 0 Å². The number of hydrogen-bond acceptors (Lipinski definition) is 5. The van der Waals surface area contributed by atoms with E-state index in [1.165, 1.54) is 0 Å². The highest BCUT2D eigenvalue weighted by molar-refractivity contribution is 5.14. The summed E-state index contributed by atoms with van der Waals surface area (Å²) >= 11 is 0. The number of ether oxygens (including phenoxy) is 4. The monoisotopic (exact) mass is 414 g/mol. The van der Waals surface area contributed by atoms with Crippen LogP contribution in [0.1, 0.15) is 43.7 Å². The Labute approximate surface area is 179 Å². The number of unbranched alkanes of at least 4 members (excludes halogenated alkanes) is 2. The first-order valence-corrected chi connectivity index (χ1v) is 11.0. The first kappa shape index (κ1) is 22.9. The second-order valence-electron chi connectivity index (χ2n) is 7.74. The van der Waals surface area contributed by atoms with Gasteiger partial charge in [0.05, 0.1) is 25.9 Å². The van der Waals surface area contributed by atoms with Crippen LogP contribution in [0.15, 0.2) is 60.7 Å². The summed E-state index contributed by atoms with van der Waals surface area (Å²) in [6.45, 7) is 4.16. The zero-order valence-corrected chi connectivity index (χ0v) is 17.8. The molecule has 5 heteroatoms. The lowest BCUT2D eigenvalue weighted by atomic mass is 10.0. The first-order chi connectivity index (χ1) is 14.8. The third-order valence-corrected chi connectivity index (χ3v) is 5.27. The molecule has 1 saturated heterocycles. The minimum atomic E-state index is -0.883. The fourth-order valence-corrected chi connectivity index (χ4v) is 3.62. The van der Waals surface area contributed by atoms with Gasteiger partial charge in [-0.1, -0.05) is 80.4 Å². The number of benzene rings is 2. The minimum absolute atomic E-state index is 0.276. The van der Waals surface area contributed by atoms with Crippen LogP contribution in [0.25, 0.3) is 0 Å². The van der Waals surface area contributed by atoms with E-state index >= 15 is 0 Å². The molecule has 0 amide bonds. The van der Waals surface area contributed by atoms with Gasteiger partial charge in [-0.15, -0.1) is 0 Å². The Bertz CT molecular complexity index is 693. The summed E-state index contributed by atoms with van der Waals surface area (Å²) in [6.07, 6.45) is 1.84. The third-order valence-electron chi connectivity index (χ3n) is 5.27. The Hall–Kier alpha value is -1.76. The van der Waals surface area contributed by atoms with Crippen LogP contribution in [-0.4, -0.2) is 42.9 Å². The summed E-state index contributed by atoms with van der Waals surface area (Å²) in [4.78, 5) is 0. The normalized spacial score (nSPS) is 24.1. The Morgan fingerprint density at radius 3 is 2.17 bits per heavy atom. The quantitative estimate of drug-likeness (QED) is 0.519. The van der Waals surface area contributed by atoms with E-state index in [1.54, 1.807) is 0 Å². The Kier molecular flexibility index (Phi) is 9.80. The van der Waals surface area contributed by atoms with Crippen molar-refractivity contribution in [1.82, 2.24) is 0 Å². The van der Waals surface area contributed by atoms with Crippen LogP contribution in [-0.2, 0) is 32.2 Å². The standard InChI is InChI=1S/C25H34O5/c1-2-3-10-15-27-19-23-25(29-18-21-13-8-5-9-14-21)22(16-24(26)30-23)28-17-20-11-6-4-7-12-20/h4-9,11-14,22-26H,2-3,10,15-19H2,1H3/t22-,23-,24?,25+/m1/s1. The molecule has 2 aromatic rings. The van der Waals surface area contributed by atoms with E-state index in [-0.39, 0.29) is 18.3 Å². The lowest BCUT2D eigenvalue weighted by molar-refractivity contribution is -0.264. The average Bonchev–Trinajstić information content (AvgIpc) is 2.78. The van der Waals surface area contributed by atoms with Gasteiger partial charge in [-0.25, -0.2) is 0 Å². The summed E-state index contributed by atoms with van der Waals surface area (Å²) in [5, 5.41) is 10.3. The van der Waals surface area contributed by atoms with Gasteiger partial charge < -0.3 is 24.1 Å². The Morgan fingerprint density at radius 2 is 1.53 bits per heavy atom. The lowest BCUT2D eigenvalue weighted by Gasteiger charge is -2.39. The zero-order chi connectivity index (χ0) is 21.0. The van der Waals surface area contributed by atoms with E-state index in [0.29, 0.717) is 32.8 Å². The highest BCUT2D eigenvalue weighted by Crippen LogP contribution is 2.26. The molecule has 1 fully saturated rings. The molecule has 0 spiro atoms. The molecule has 2 aromatic carbocycles. The van der Waals surface area contributed by atoms with E-state index < -0.39 is 6.29 Å². The molecule has 1 heterocycles. The van der Waals surface area contributed by atoms with Crippen molar-refractivity contribution < 1.29 is 24.1 Å². The third kappa shape index (κ3) is 7.49. The van der Waals surface area contributed by atoms with Crippen molar-refractivity contribution in [1.29, 1.82) is 0 Å². The van der Waals surface area contributed by atoms with Crippen molar-refractivity contribution in [3.63, 3.8) is 0 Å². The molecule has 1 N–H and O–H groups in total. The summed E-state index contributed by atoms with van der Waals surface area (Å²) < 4.78 is 24.1. The second-order valence-corrected chi connectivity index (χ2v) is 7.74. The van der Waals surface area contributed by atoms with Gasteiger partial charge >= 0.3 is 0 Å². The van der Waals surface area contributed by atoms with Crippen LogP contribution in [0.3, 0.4) is 0 Å². The van der Waals surface area contributed by atoms with Gasteiger partial charge in [-0.3, -0.25) is 0 Å². The molecule has 0 bridgehead atoms. The molecule has 164 valence electrons. The van der Waals surface area contributed by atoms with Crippen molar-refractivity contribution in [3.8, 4) is 0 Å². The summed E-state index contributed by atoms with van der Waals surface area (Å²) in [6, 6.07) is 20.1. The fraction of sp³-hybridized carbons (Fsp3) is 0.520. The highest BCUT2D eigenvalue weighted by atomic mass is 16.6. The maximum Gasteiger partial charge on any atom is 0.157 e. The molecule has 0 radical (unpaired) electrons. The summed E-state index contributed by atoms with van der Waals surface area (Å²) in [5.74, 6) is 0. The molecule has 1 unspecified atom stereocenters. The first-order valence-electron chi connectivity index (χ1n) is 11.0. The SMILES string of the molecule is CCCCCOC[C@H]1OC(O)C[C@@H](OCc2ccccc2)[C@@H]1OCc1ccccc1. The van der Waals surface area contributed by atoms with Crippen LogP contribution in [0.2, 0.25) is 0 Å². The van der Waals surface area contributed by atoms with E-state index in [1.807, 2.05) is 60.7 Å². The molecule has 30 heavy (non-hydrogen) atoms. The van der Waals surface area contributed by atoms with Crippen molar-refractivity contribution in [2.45, 2.75) is 70.4 Å². The maximum atomic E-state index is 10.3. The zero-order valence-electron chi connectivity index (χ0n) is 17.8. The van der Waals surface area contributed by atoms with Gasteiger partial charge in [0.25, 0.3) is 0 Å². The smallest absolute Gasteiger partial charge is 0.157 e. The molecular formula is C25H34O5. The van der Waals surface area contributed by atoms with Gasteiger partial charge in [-0.05, 0) is 17.5 Å². The summed E-state index contributed by atoms with van der Waals surface area (Å²) in [7, 11) is 0. The van der Waals surface area contributed by atoms with E-state index in [2.05, 4.69) is 6.92 Å². The van der Waals surface area contributed by atoms with Gasteiger partial charge in [0.1, 0.15) is 12.2 Å². The van der Waals surface area contributed by atoms with E-state index in [4.69, 9.17) is 18.9 Å². The van der Waals surface area contributed by atoms with E-state index in [9.17, 15) is 5.11 Å². The maximum absolute atomic E-state index is 10.3. The average molecular weight is 415 g/mol. The lowest BCUT2D eigenvalue weighted by Crippen LogP contribution is -2.52. The molecule has 1 aliphatic heterocycles. The summed E-state index contributed by atoms with van der Waals surface area (Å²) in [5.41, 5.74) is 2.18. The van der Waals surface area contributed by atoms with Crippen LogP contribution in [0.4, 0.5) is 0 Å². The van der Waals surface area contributed by atoms with Crippen LogP contribution in [0.5, 0.6) is 0 Å². The number of aliphatic hydroxyl groups excluding tert-OH is 1. The molecule has 5 nitrogen and oxygen atoms in total. The fourth-order valence-electron chi connectivity index (χ4n) is 3.62. The molecule has 0 aromatic heterocycles. The Morgan fingerprint density at radius 1 is 0.900 bits per heavy atom. The second kappa shape index (κ2) is 12.8. The van der Waals surface area contributed by atoms with Crippen molar-refractivity contribution in [2.24, 2.45) is 0 Å². The van der Waals surface area contributed by atoms with E-state index in [0.717, 1.165) is 30.4 Å². The van der Waals surface area contributed by atoms with Gasteiger partial charge in [-0.2, -0.15) is 0 Å². The Balaban J connectivity index is 1.63. The largest absolute Gasteiger partial charge is 0.379 e. The predicted octanol–water partition coefficient (Wildman–Crippen LogP) is 4.47. The van der Waals surface area contributed by atoms with Gasteiger partial charge in [0, 0.05) is 13.0 Å². The van der Waals surface area contributed by atoms with Gasteiger partial charge in [0.15, 0.2) is 6.29 Å². The molecule has 4 atom stereocenters. The topological polar surface area (TPSA) is 57.2 Å². The molecular weight excluding hydrogens is 380 g/mol. The number of aliphatic hydroxyl groups is 1. The number of hydrogen-bond donors (Lipinski definition) is 1. The van der Waals surface area contributed by atoms with Crippen molar-refractivity contribution in [2.75, 3.05) is 13.2 Å². The van der Waals surface area contributed by atoms with Crippen LogP contribution in [0, 0.1) is 0 Å². The van der Waals surface area contributed by atoms with Gasteiger partial charge in [0.2, 0.25) is 0 Å². The molecule has 0 aliphatic carbocycles. The molecule has 3 rings (SSSR count). The highest BCUT2D eigenvalue weighted by Gasteiger charge is 2.40. The van der Waals surface area contributed by atoms with Crippen molar-refractivity contribution >= 4 is 0 Å². The number of rotatable bonds is 12. The van der Waals surface area contributed by atoms with Crippen molar-refractivity contribution in [3.05, 3.63) is 71.8 Å². The minimum Gasteiger partial charge on any atom is -0.379 e. The molecule has 1 aliphatic rings. The predicted molar refractivity (Wildman–Crippen MR) is 116 cm³/mol.